The third kappa shape index (κ3) is 3.87. The van der Waals surface area contributed by atoms with Crippen LogP contribution in [0.1, 0.15) is 23.7 Å². The van der Waals surface area contributed by atoms with Gasteiger partial charge in [-0.1, -0.05) is 0 Å². The minimum atomic E-state index is 0.623. The van der Waals surface area contributed by atoms with Gasteiger partial charge >= 0.3 is 0 Å². The van der Waals surface area contributed by atoms with Crippen LogP contribution in [-0.4, -0.2) is 18.2 Å². The minimum absolute atomic E-state index is 0.623. The van der Waals surface area contributed by atoms with Crippen LogP contribution in [0.2, 0.25) is 0 Å². The average molecular weight is 292 g/mol. The first-order valence-electron chi connectivity index (χ1n) is 6.77. The second-order valence-corrected chi connectivity index (χ2v) is 5.55. The summed E-state index contributed by atoms with van der Waals surface area (Å²) in [4.78, 5) is 5.47. The summed E-state index contributed by atoms with van der Waals surface area (Å²) in [7, 11) is 0. The van der Waals surface area contributed by atoms with Gasteiger partial charge in [-0.15, -0.1) is 11.3 Å². The van der Waals surface area contributed by atoms with Crippen LogP contribution in [0.4, 0.5) is 5.69 Å². The van der Waals surface area contributed by atoms with Gasteiger partial charge in [0.05, 0.1) is 24.8 Å². The van der Waals surface area contributed by atoms with Gasteiger partial charge in [0.15, 0.2) is 11.5 Å². The van der Waals surface area contributed by atoms with Crippen molar-refractivity contribution in [2.75, 3.05) is 18.5 Å². The summed E-state index contributed by atoms with van der Waals surface area (Å²) >= 11 is 1.70. The van der Waals surface area contributed by atoms with E-state index in [9.17, 15) is 0 Å². The smallest absolute Gasteiger partial charge is 0.163 e. The molecule has 2 aromatic rings. The molecule has 0 spiro atoms. The zero-order valence-electron chi connectivity index (χ0n) is 12.1. The zero-order chi connectivity index (χ0) is 14.4. The molecule has 1 heterocycles. The normalized spacial score (nSPS) is 10.3. The van der Waals surface area contributed by atoms with Gasteiger partial charge in [0.25, 0.3) is 0 Å². The molecule has 1 aromatic carbocycles. The standard InChI is InChI=1S/C15H20N2O2S/c1-4-18-14-7-6-12(8-15(14)19-5-2)17-10-13-9-16-11(3)20-13/h6-9,17H,4-5,10H2,1-3H3. The van der Waals surface area contributed by atoms with Crippen molar-refractivity contribution >= 4 is 17.0 Å². The summed E-state index contributed by atoms with van der Waals surface area (Å²) in [5, 5.41) is 4.46. The summed E-state index contributed by atoms with van der Waals surface area (Å²) in [5.41, 5.74) is 1.02. The molecule has 20 heavy (non-hydrogen) atoms. The third-order valence-corrected chi connectivity index (χ3v) is 3.59. The van der Waals surface area contributed by atoms with Crippen molar-refractivity contribution in [3.05, 3.63) is 34.3 Å². The summed E-state index contributed by atoms with van der Waals surface area (Å²) in [6.45, 7) is 7.97. The van der Waals surface area contributed by atoms with E-state index in [-0.39, 0.29) is 0 Å². The van der Waals surface area contributed by atoms with E-state index >= 15 is 0 Å². The highest BCUT2D eigenvalue weighted by Crippen LogP contribution is 2.31. The topological polar surface area (TPSA) is 43.4 Å². The quantitative estimate of drug-likeness (QED) is 0.841. The summed E-state index contributed by atoms with van der Waals surface area (Å²) in [5.74, 6) is 1.56. The number of hydrogen-bond donors (Lipinski definition) is 1. The third-order valence-electron chi connectivity index (χ3n) is 2.68. The van der Waals surface area contributed by atoms with Crippen LogP contribution in [0.5, 0.6) is 11.5 Å². The maximum absolute atomic E-state index is 5.61. The van der Waals surface area contributed by atoms with Crippen LogP contribution in [0.15, 0.2) is 24.4 Å². The maximum Gasteiger partial charge on any atom is 0.163 e. The first-order valence-corrected chi connectivity index (χ1v) is 7.59. The predicted octanol–water partition coefficient (Wildman–Crippen LogP) is 3.86. The van der Waals surface area contributed by atoms with Crippen molar-refractivity contribution in [1.29, 1.82) is 0 Å². The van der Waals surface area contributed by atoms with Gasteiger partial charge in [-0.05, 0) is 32.9 Å². The molecule has 0 saturated carbocycles. The van der Waals surface area contributed by atoms with E-state index in [2.05, 4.69) is 10.3 Å². The fourth-order valence-corrected chi connectivity index (χ4v) is 2.57. The Balaban J connectivity index is 2.05. The van der Waals surface area contributed by atoms with Crippen molar-refractivity contribution in [3.8, 4) is 11.5 Å². The molecule has 0 aliphatic heterocycles. The van der Waals surface area contributed by atoms with Gasteiger partial charge < -0.3 is 14.8 Å². The van der Waals surface area contributed by atoms with Gasteiger partial charge in [0.1, 0.15) is 0 Å². The first-order chi connectivity index (χ1) is 9.72. The molecule has 0 saturated heterocycles. The second-order valence-electron chi connectivity index (χ2n) is 4.23. The molecule has 0 fully saturated rings. The van der Waals surface area contributed by atoms with Gasteiger partial charge in [0.2, 0.25) is 0 Å². The van der Waals surface area contributed by atoms with E-state index in [1.54, 1.807) is 11.3 Å². The van der Waals surface area contributed by atoms with Crippen molar-refractivity contribution in [2.24, 2.45) is 0 Å². The SMILES string of the molecule is CCOc1ccc(NCc2cnc(C)s2)cc1OCC. The van der Waals surface area contributed by atoms with Gasteiger partial charge in [-0.3, -0.25) is 0 Å². The largest absolute Gasteiger partial charge is 0.490 e. The second kappa shape index (κ2) is 7.14. The fraction of sp³-hybridized carbons (Fsp3) is 0.400. The number of hydrogen-bond acceptors (Lipinski definition) is 5. The van der Waals surface area contributed by atoms with Gasteiger partial charge in [-0.25, -0.2) is 4.98 Å². The molecule has 2 rings (SSSR count). The molecule has 4 nitrogen and oxygen atoms in total. The molecule has 0 aliphatic carbocycles. The molecule has 0 amide bonds. The number of ether oxygens (including phenoxy) is 2. The van der Waals surface area contributed by atoms with Crippen LogP contribution >= 0.6 is 11.3 Å². The Morgan fingerprint density at radius 3 is 2.55 bits per heavy atom. The van der Waals surface area contributed by atoms with E-state index in [1.165, 1.54) is 4.88 Å². The van der Waals surface area contributed by atoms with Crippen molar-refractivity contribution in [2.45, 2.75) is 27.3 Å². The van der Waals surface area contributed by atoms with Crippen LogP contribution < -0.4 is 14.8 Å². The molecule has 108 valence electrons. The Labute approximate surface area is 123 Å². The van der Waals surface area contributed by atoms with Crippen LogP contribution in [-0.2, 0) is 6.54 Å². The molecule has 0 aliphatic rings. The van der Waals surface area contributed by atoms with Crippen molar-refractivity contribution in [3.63, 3.8) is 0 Å². The van der Waals surface area contributed by atoms with Crippen molar-refractivity contribution < 1.29 is 9.47 Å². The summed E-state index contributed by atoms with van der Waals surface area (Å²) < 4.78 is 11.2. The molecule has 1 aromatic heterocycles. The van der Waals surface area contributed by atoms with E-state index in [4.69, 9.17) is 9.47 Å². The van der Waals surface area contributed by atoms with E-state index in [1.807, 2.05) is 45.2 Å². The molecule has 0 bridgehead atoms. The molecule has 0 unspecified atom stereocenters. The van der Waals surface area contributed by atoms with Crippen LogP contribution in [0, 0.1) is 6.92 Å². The van der Waals surface area contributed by atoms with Crippen LogP contribution in [0.3, 0.4) is 0 Å². The lowest BCUT2D eigenvalue weighted by Crippen LogP contribution is -2.01. The Morgan fingerprint density at radius 1 is 1.15 bits per heavy atom. The highest BCUT2D eigenvalue weighted by Gasteiger charge is 2.06. The number of aryl methyl sites for hydroxylation is 1. The van der Waals surface area contributed by atoms with E-state index in [0.717, 1.165) is 28.7 Å². The zero-order valence-corrected chi connectivity index (χ0v) is 12.9. The lowest BCUT2D eigenvalue weighted by Gasteiger charge is -2.13. The monoisotopic (exact) mass is 292 g/mol. The maximum atomic E-state index is 5.61. The molecular formula is C15H20N2O2S. The number of anilines is 1. The van der Waals surface area contributed by atoms with Gasteiger partial charge in [0, 0.05) is 22.8 Å². The molecule has 1 N–H and O–H groups in total. The summed E-state index contributed by atoms with van der Waals surface area (Å²) in [6, 6.07) is 5.92. The Morgan fingerprint density at radius 2 is 1.90 bits per heavy atom. The van der Waals surface area contributed by atoms with E-state index < -0.39 is 0 Å². The molecule has 0 radical (unpaired) electrons. The van der Waals surface area contributed by atoms with Gasteiger partial charge in [-0.2, -0.15) is 0 Å². The Bertz CT molecular complexity index is 555. The average Bonchev–Trinajstić information content (AvgIpc) is 2.85. The lowest BCUT2D eigenvalue weighted by molar-refractivity contribution is 0.288. The summed E-state index contributed by atoms with van der Waals surface area (Å²) in [6.07, 6.45) is 1.91. The fourth-order valence-electron chi connectivity index (χ4n) is 1.84. The molecular weight excluding hydrogens is 272 g/mol. The number of benzene rings is 1. The lowest BCUT2D eigenvalue weighted by atomic mass is 10.2. The Kier molecular flexibility index (Phi) is 5.24. The number of rotatable bonds is 7. The van der Waals surface area contributed by atoms with Crippen molar-refractivity contribution in [1.82, 2.24) is 4.98 Å². The molecule has 5 heteroatoms. The highest BCUT2D eigenvalue weighted by atomic mass is 32.1. The Hall–Kier alpha value is -1.75. The highest BCUT2D eigenvalue weighted by molar-refractivity contribution is 7.11. The molecule has 0 atom stereocenters. The van der Waals surface area contributed by atoms with Crippen LogP contribution in [0.25, 0.3) is 0 Å². The minimum Gasteiger partial charge on any atom is -0.490 e. The number of nitrogens with zero attached hydrogens (tertiary/aromatic N) is 1. The number of aromatic nitrogens is 1. The van der Waals surface area contributed by atoms with E-state index in [0.29, 0.717) is 13.2 Å². The predicted molar refractivity (Wildman–Crippen MR) is 83.0 cm³/mol. The number of nitrogens with one attached hydrogen (secondary N) is 1. The first kappa shape index (κ1) is 14.7. The number of thiazole rings is 1.